The van der Waals surface area contributed by atoms with E-state index >= 15 is 0 Å². The second-order valence-electron chi connectivity index (χ2n) is 5.31. The van der Waals surface area contributed by atoms with Gasteiger partial charge in [-0.1, -0.05) is 11.6 Å². The number of rotatable bonds is 3. The third-order valence-electron chi connectivity index (χ3n) is 3.70. The van der Waals surface area contributed by atoms with E-state index in [1.807, 2.05) is 6.07 Å². The summed E-state index contributed by atoms with van der Waals surface area (Å²) >= 11 is 5.86. The monoisotopic (exact) mass is 340 g/mol. The molecule has 0 spiro atoms. The number of hydrogen-bond donors (Lipinski definition) is 0. The maximum Gasteiger partial charge on any atom is 0.285 e. The number of halogens is 1. The average Bonchev–Trinajstić information content (AvgIpc) is 3.02. The molecular formula is C17H13ClN4O2. The van der Waals surface area contributed by atoms with Crippen LogP contribution in [0.25, 0.3) is 11.5 Å². The van der Waals surface area contributed by atoms with Gasteiger partial charge in [0.1, 0.15) is 23.6 Å². The molecule has 0 aliphatic heterocycles. The molecule has 0 N–H and O–H groups in total. The van der Waals surface area contributed by atoms with Gasteiger partial charge in [-0.2, -0.15) is 10.4 Å². The van der Waals surface area contributed by atoms with Crippen molar-refractivity contribution in [3.8, 4) is 17.5 Å². The minimum Gasteiger partial charge on any atom is -0.444 e. The van der Waals surface area contributed by atoms with E-state index < -0.39 is 5.56 Å². The first-order chi connectivity index (χ1) is 11.5. The van der Waals surface area contributed by atoms with Crippen molar-refractivity contribution in [2.75, 3.05) is 0 Å². The van der Waals surface area contributed by atoms with E-state index in [1.165, 1.54) is 10.9 Å². The summed E-state index contributed by atoms with van der Waals surface area (Å²) in [5, 5.41) is 14.0. The third-order valence-corrected chi connectivity index (χ3v) is 3.96. The molecule has 0 fully saturated rings. The van der Waals surface area contributed by atoms with E-state index in [1.54, 1.807) is 38.1 Å². The van der Waals surface area contributed by atoms with Crippen molar-refractivity contribution in [1.29, 1.82) is 5.26 Å². The number of aromatic nitrogens is 3. The molecule has 0 saturated carbocycles. The van der Waals surface area contributed by atoms with Crippen LogP contribution in [0.3, 0.4) is 0 Å². The SMILES string of the molecule is Cc1nn(Cc2coc(-c3ccc(Cl)cc3)n2)c(=O)c(C#N)c1C. The number of nitriles is 1. The van der Waals surface area contributed by atoms with E-state index in [9.17, 15) is 4.79 Å². The molecule has 0 unspecified atom stereocenters. The molecule has 24 heavy (non-hydrogen) atoms. The van der Waals surface area contributed by atoms with Gasteiger partial charge in [0, 0.05) is 10.6 Å². The number of oxazole rings is 1. The van der Waals surface area contributed by atoms with Gasteiger partial charge in [-0.15, -0.1) is 0 Å². The molecule has 7 heteroatoms. The molecule has 120 valence electrons. The normalized spacial score (nSPS) is 10.6. The maximum absolute atomic E-state index is 12.3. The van der Waals surface area contributed by atoms with Crippen LogP contribution in [0.4, 0.5) is 0 Å². The Morgan fingerprint density at radius 3 is 2.67 bits per heavy atom. The summed E-state index contributed by atoms with van der Waals surface area (Å²) in [7, 11) is 0. The lowest BCUT2D eigenvalue weighted by atomic mass is 10.1. The van der Waals surface area contributed by atoms with Gasteiger partial charge in [-0.3, -0.25) is 4.79 Å². The first-order valence-electron chi connectivity index (χ1n) is 7.18. The molecule has 0 saturated heterocycles. The summed E-state index contributed by atoms with van der Waals surface area (Å²) in [5.74, 6) is 0.430. The van der Waals surface area contributed by atoms with E-state index in [4.69, 9.17) is 21.3 Å². The fraction of sp³-hybridized carbons (Fsp3) is 0.176. The molecule has 0 amide bonds. The molecule has 3 rings (SSSR count). The Balaban J connectivity index is 1.94. The Hall–Kier alpha value is -2.91. The van der Waals surface area contributed by atoms with Gasteiger partial charge in [0.05, 0.1) is 12.2 Å². The lowest BCUT2D eigenvalue weighted by molar-refractivity contribution is 0.566. The summed E-state index contributed by atoms with van der Waals surface area (Å²) in [6.45, 7) is 3.60. The van der Waals surface area contributed by atoms with Crippen LogP contribution < -0.4 is 5.56 Å². The fourth-order valence-corrected chi connectivity index (χ4v) is 2.39. The molecule has 0 bridgehead atoms. The molecule has 0 aliphatic rings. The largest absolute Gasteiger partial charge is 0.444 e. The average molecular weight is 341 g/mol. The van der Waals surface area contributed by atoms with Gasteiger partial charge < -0.3 is 4.42 Å². The van der Waals surface area contributed by atoms with Crippen molar-refractivity contribution in [3.63, 3.8) is 0 Å². The standard InChI is InChI=1S/C17H13ClN4O2/c1-10-11(2)21-22(17(23)15(10)7-19)8-14-9-24-16(20-14)12-3-5-13(18)6-4-12/h3-6,9H,8H2,1-2H3. The van der Waals surface area contributed by atoms with Crippen molar-refractivity contribution < 1.29 is 4.42 Å². The summed E-state index contributed by atoms with van der Waals surface area (Å²) < 4.78 is 6.68. The summed E-state index contributed by atoms with van der Waals surface area (Å²) in [6.07, 6.45) is 1.47. The maximum atomic E-state index is 12.3. The zero-order chi connectivity index (χ0) is 17.3. The second kappa shape index (κ2) is 6.30. The highest BCUT2D eigenvalue weighted by Gasteiger charge is 2.14. The predicted molar refractivity (Wildman–Crippen MR) is 88.7 cm³/mol. The van der Waals surface area contributed by atoms with Crippen molar-refractivity contribution in [1.82, 2.24) is 14.8 Å². The zero-order valence-electron chi connectivity index (χ0n) is 13.1. The van der Waals surface area contributed by atoms with Crippen LogP contribution in [0, 0.1) is 25.2 Å². The molecule has 2 aromatic heterocycles. The van der Waals surface area contributed by atoms with E-state index in [2.05, 4.69) is 10.1 Å². The van der Waals surface area contributed by atoms with E-state index in [0.29, 0.717) is 27.9 Å². The van der Waals surface area contributed by atoms with Crippen LogP contribution >= 0.6 is 11.6 Å². The quantitative estimate of drug-likeness (QED) is 0.731. The smallest absolute Gasteiger partial charge is 0.285 e. The van der Waals surface area contributed by atoms with Crippen LogP contribution in [0.2, 0.25) is 5.02 Å². The third kappa shape index (κ3) is 2.94. The molecule has 0 aliphatic carbocycles. The predicted octanol–water partition coefficient (Wildman–Crippen LogP) is 3.09. The van der Waals surface area contributed by atoms with Crippen molar-refractivity contribution in [2.45, 2.75) is 20.4 Å². The Bertz CT molecular complexity index is 997. The fourth-order valence-electron chi connectivity index (χ4n) is 2.27. The Labute approximate surface area is 142 Å². The Morgan fingerprint density at radius 1 is 1.29 bits per heavy atom. The van der Waals surface area contributed by atoms with Crippen molar-refractivity contribution in [3.05, 3.63) is 68.4 Å². The lowest BCUT2D eigenvalue weighted by Gasteiger charge is -2.07. The number of hydrogen-bond acceptors (Lipinski definition) is 5. The van der Waals surface area contributed by atoms with Gasteiger partial charge in [-0.25, -0.2) is 9.67 Å². The molecule has 6 nitrogen and oxygen atoms in total. The van der Waals surface area contributed by atoms with Gasteiger partial charge in [0.25, 0.3) is 5.56 Å². The first-order valence-corrected chi connectivity index (χ1v) is 7.56. The molecule has 1 aromatic carbocycles. The van der Waals surface area contributed by atoms with Gasteiger partial charge >= 0.3 is 0 Å². The zero-order valence-corrected chi connectivity index (χ0v) is 13.8. The number of aryl methyl sites for hydroxylation is 1. The minimum atomic E-state index is -0.434. The van der Waals surface area contributed by atoms with Crippen LogP contribution in [0.15, 0.2) is 39.7 Å². The number of nitrogens with zero attached hydrogens (tertiary/aromatic N) is 4. The van der Waals surface area contributed by atoms with Crippen LogP contribution in [0.5, 0.6) is 0 Å². The van der Waals surface area contributed by atoms with Crippen LogP contribution in [-0.2, 0) is 6.54 Å². The lowest BCUT2D eigenvalue weighted by Crippen LogP contribution is -2.28. The molecule has 0 atom stereocenters. The second-order valence-corrected chi connectivity index (χ2v) is 5.75. The highest BCUT2D eigenvalue weighted by Crippen LogP contribution is 2.21. The Kier molecular flexibility index (Phi) is 4.19. The highest BCUT2D eigenvalue weighted by molar-refractivity contribution is 6.30. The minimum absolute atomic E-state index is 0.101. The van der Waals surface area contributed by atoms with Gasteiger partial charge in [0.2, 0.25) is 5.89 Å². The summed E-state index contributed by atoms with van der Waals surface area (Å²) in [5.41, 5.74) is 2.22. The highest BCUT2D eigenvalue weighted by atomic mass is 35.5. The van der Waals surface area contributed by atoms with E-state index in [0.717, 1.165) is 5.56 Å². The molecule has 2 heterocycles. The van der Waals surface area contributed by atoms with Crippen LogP contribution in [0.1, 0.15) is 22.5 Å². The van der Waals surface area contributed by atoms with Gasteiger partial charge in [0.15, 0.2) is 0 Å². The molecular weight excluding hydrogens is 328 g/mol. The van der Waals surface area contributed by atoms with Crippen LogP contribution in [-0.4, -0.2) is 14.8 Å². The molecule has 3 aromatic rings. The van der Waals surface area contributed by atoms with Crippen molar-refractivity contribution >= 4 is 11.6 Å². The summed E-state index contributed by atoms with van der Waals surface area (Å²) in [6, 6.07) is 9.02. The van der Waals surface area contributed by atoms with E-state index in [-0.39, 0.29) is 12.1 Å². The topological polar surface area (TPSA) is 84.7 Å². The number of benzene rings is 1. The summed E-state index contributed by atoms with van der Waals surface area (Å²) in [4.78, 5) is 16.7. The first kappa shape index (κ1) is 16.0. The molecule has 0 radical (unpaired) electrons. The van der Waals surface area contributed by atoms with Crippen molar-refractivity contribution in [2.24, 2.45) is 0 Å². The Morgan fingerprint density at radius 2 is 2.00 bits per heavy atom. The van der Waals surface area contributed by atoms with Gasteiger partial charge in [-0.05, 0) is 43.7 Å².